The molecular weight excluding hydrogens is 360 g/mol. The second-order valence-corrected chi connectivity index (χ2v) is 11.0. The lowest BCUT2D eigenvalue weighted by Gasteiger charge is -2.33. The van der Waals surface area contributed by atoms with Gasteiger partial charge < -0.3 is 15.4 Å². The fourth-order valence-electron chi connectivity index (χ4n) is 4.24. The number of sulfone groups is 1. The van der Waals surface area contributed by atoms with Crippen molar-refractivity contribution >= 4 is 9.84 Å². The zero-order chi connectivity index (χ0) is 19.5. The van der Waals surface area contributed by atoms with Crippen LogP contribution in [0.3, 0.4) is 0 Å². The van der Waals surface area contributed by atoms with E-state index in [1.165, 1.54) is 12.8 Å². The van der Waals surface area contributed by atoms with Crippen LogP contribution in [0.2, 0.25) is 0 Å². The molecule has 1 aliphatic carbocycles. The lowest BCUT2D eigenvalue weighted by molar-refractivity contribution is 0.0527. The molecule has 0 aromatic heterocycles. The Morgan fingerprint density at radius 1 is 1.19 bits per heavy atom. The molecule has 27 heavy (non-hydrogen) atoms. The fourth-order valence-corrected chi connectivity index (χ4v) is 5.42. The summed E-state index contributed by atoms with van der Waals surface area (Å²) in [5, 5.41) is 7.07. The summed E-state index contributed by atoms with van der Waals surface area (Å²) in [4.78, 5) is 0.419. The standard InChI is InChI=1S/C21H34N2O3S/c1-21(2,3)16-7-9-17(10-8-16)27(24,25)14-12-23-19-6-4-5-18(19)20-15-26-13-11-22-20/h7-10,18-20,22-23H,4-6,11-15H2,1-3H3. The first-order chi connectivity index (χ1) is 12.8. The molecule has 2 N–H and O–H groups in total. The maximum atomic E-state index is 12.7. The van der Waals surface area contributed by atoms with E-state index in [4.69, 9.17) is 4.74 Å². The minimum absolute atomic E-state index is 0.0260. The van der Waals surface area contributed by atoms with Crippen LogP contribution < -0.4 is 10.6 Å². The van der Waals surface area contributed by atoms with Gasteiger partial charge in [0.25, 0.3) is 0 Å². The number of hydrogen-bond acceptors (Lipinski definition) is 5. The average molecular weight is 395 g/mol. The van der Waals surface area contributed by atoms with Crippen molar-refractivity contribution in [3.63, 3.8) is 0 Å². The van der Waals surface area contributed by atoms with Gasteiger partial charge in [-0.2, -0.15) is 0 Å². The van der Waals surface area contributed by atoms with Crippen LogP contribution in [0.1, 0.15) is 45.6 Å². The Balaban J connectivity index is 1.54. The van der Waals surface area contributed by atoms with Gasteiger partial charge in [-0.3, -0.25) is 0 Å². The van der Waals surface area contributed by atoms with Crippen molar-refractivity contribution in [3.8, 4) is 0 Å². The summed E-state index contributed by atoms with van der Waals surface area (Å²) in [7, 11) is -3.26. The minimum atomic E-state index is -3.26. The maximum absolute atomic E-state index is 12.7. The van der Waals surface area contributed by atoms with Crippen molar-refractivity contribution in [2.24, 2.45) is 5.92 Å². The highest BCUT2D eigenvalue weighted by Gasteiger charge is 2.34. The van der Waals surface area contributed by atoms with Gasteiger partial charge in [-0.15, -0.1) is 0 Å². The summed E-state index contributed by atoms with van der Waals surface area (Å²) in [6.45, 7) is 9.35. The van der Waals surface area contributed by atoms with Gasteiger partial charge in [0.2, 0.25) is 0 Å². The number of hydrogen-bond donors (Lipinski definition) is 2. The molecule has 6 heteroatoms. The van der Waals surface area contributed by atoms with Crippen LogP contribution in [0.25, 0.3) is 0 Å². The first-order valence-electron chi connectivity index (χ1n) is 10.2. The molecule has 2 aliphatic rings. The highest BCUT2D eigenvalue weighted by atomic mass is 32.2. The van der Waals surface area contributed by atoms with Crippen LogP contribution >= 0.6 is 0 Å². The van der Waals surface area contributed by atoms with Crippen LogP contribution in [0, 0.1) is 5.92 Å². The largest absolute Gasteiger partial charge is 0.379 e. The van der Waals surface area contributed by atoms with Gasteiger partial charge in [-0.05, 0) is 41.9 Å². The van der Waals surface area contributed by atoms with E-state index in [9.17, 15) is 8.42 Å². The van der Waals surface area contributed by atoms with Crippen molar-refractivity contribution in [3.05, 3.63) is 29.8 Å². The van der Waals surface area contributed by atoms with E-state index < -0.39 is 9.84 Å². The predicted molar refractivity (Wildman–Crippen MR) is 109 cm³/mol. The molecule has 0 radical (unpaired) electrons. The Hall–Kier alpha value is -0.950. The van der Waals surface area contributed by atoms with Gasteiger partial charge in [0.1, 0.15) is 0 Å². The molecule has 1 saturated heterocycles. The van der Waals surface area contributed by atoms with E-state index in [0.29, 0.717) is 29.4 Å². The van der Waals surface area contributed by atoms with Crippen molar-refractivity contribution in [1.82, 2.24) is 10.6 Å². The van der Waals surface area contributed by atoms with E-state index in [0.717, 1.165) is 31.7 Å². The summed E-state index contributed by atoms with van der Waals surface area (Å²) in [6, 6.07) is 8.13. The van der Waals surface area contributed by atoms with Crippen molar-refractivity contribution in [1.29, 1.82) is 0 Å². The lowest BCUT2D eigenvalue weighted by Crippen LogP contribution is -2.51. The van der Waals surface area contributed by atoms with Gasteiger partial charge in [0.15, 0.2) is 9.84 Å². The molecule has 2 fully saturated rings. The number of rotatable bonds is 6. The second-order valence-electron chi connectivity index (χ2n) is 8.88. The van der Waals surface area contributed by atoms with Crippen LogP contribution in [0.15, 0.2) is 29.2 Å². The van der Waals surface area contributed by atoms with Crippen molar-refractivity contribution in [2.75, 3.05) is 32.1 Å². The van der Waals surface area contributed by atoms with Crippen molar-refractivity contribution in [2.45, 2.75) is 62.4 Å². The normalized spacial score (nSPS) is 27.0. The smallest absolute Gasteiger partial charge is 0.179 e. The summed E-state index contributed by atoms with van der Waals surface area (Å²) in [5.41, 5.74) is 1.17. The predicted octanol–water partition coefficient (Wildman–Crippen LogP) is 2.50. The Bertz CT molecular complexity index is 704. The molecule has 0 bridgehead atoms. The van der Waals surface area contributed by atoms with Gasteiger partial charge in [0, 0.05) is 25.2 Å². The van der Waals surface area contributed by atoms with Gasteiger partial charge in [-0.25, -0.2) is 8.42 Å². The van der Waals surface area contributed by atoms with Gasteiger partial charge >= 0.3 is 0 Å². The number of nitrogens with one attached hydrogen (secondary N) is 2. The minimum Gasteiger partial charge on any atom is -0.379 e. The molecule has 5 nitrogen and oxygen atoms in total. The number of morpholine rings is 1. The zero-order valence-corrected chi connectivity index (χ0v) is 17.6. The third-order valence-corrected chi connectivity index (χ3v) is 7.63. The van der Waals surface area contributed by atoms with Crippen molar-refractivity contribution < 1.29 is 13.2 Å². The SMILES string of the molecule is CC(C)(C)c1ccc(S(=O)(=O)CCNC2CCCC2C2COCCN2)cc1. The molecule has 1 aromatic rings. The Labute approximate surface area is 164 Å². The molecule has 1 aliphatic heterocycles. The van der Waals surface area contributed by atoms with Gasteiger partial charge in [-0.1, -0.05) is 39.3 Å². The van der Waals surface area contributed by atoms with Crippen LogP contribution in [0.5, 0.6) is 0 Å². The molecule has 152 valence electrons. The summed E-state index contributed by atoms with van der Waals surface area (Å²) >= 11 is 0. The Kier molecular flexibility index (Phi) is 6.62. The quantitative estimate of drug-likeness (QED) is 0.776. The summed E-state index contributed by atoms with van der Waals surface area (Å²) in [6.07, 6.45) is 3.49. The Morgan fingerprint density at radius 3 is 2.56 bits per heavy atom. The molecule has 0 spiro atoms. The molecular formula is C21H34N2O3S. The van der Waals surface area contributed by atoms with E-state index in [-0.39, 0.29) is 11.2 Å². The third-order valence-electron chi connectivity index (χ3n) is 5.89. The third kappa shape index (κ3) is 5.31. The zero-order valence-electron chi connectivity index (χ0n) is 16.8. The van der Waals surface area contributed by atoms with E-state index >= 15 is 0 Å². The topological polar surface area (TPSA) is 67.4 Å². The van der Waals surface area contributed by atoms with Gasteiger partial charge in [0.05, 0.1) is 23.9 Å². The first-order valence-corrected chi connectivity index (χ1v) is 11.8. The fraction of sp³-hybridized carbons (Fsp3) is 0.714. The summed E-state index contributed by atoms with van der Waals surface area (Å²) in [5.74, 6) is 0.665. The number of benzene rings is 1. The molecule has 0 amide bonds. The first kappa shape index (κ1) is 20.8. The molecule has 1 saturated carbocycles. The van der Waals surface area contributed by atoms with Crippen LogP contribution in [0.4, 0.5) is 0 Å². The van der Waals surface area contributed by atoms with E-state index in [1.807, 2.05) is 12.1 Å². The average Bonchev–Trinajstić information content (AvgIpc) is 3.10. The monoisotopic (exact) mass is 394 g/mol. The second kappa shape index (κ2) is 8.60. The molecule has 3 unspecified atom stereocenters. The molecule has 3 atom stereocenters. The van der Waals surface area contributed by atoms with Crippen LogP contribution in [-0.2, 0) is 20.0 Å². The van der Waals surface area contributed by atoms with Crippen LogP contribution in [-0.4, -0.2) is 52.6 Å². The highest BCUT2D eigenvalue weighted by Crippen LogP contribution is 2.29. The number of ether oxygens (including phenoxy) is 1. The summed E-state index contributed by atoms with van der Waals surface area (Å²) < 4.78 is 31.0. The van der Waals surface area contributed by atoms with E-state index in [1.54, 1.807) is 12.1 Å². The Morgan fingerprint density at radius 2 is 1.93 bits per heavy atom. The molecule has 1 heterocycles. The lowest BCUT2D eigenvalue weighted by atomic mass is 9.87. The molecule has 3 rings (SSSR count). The van der Waals surface area contributed by atoms with E-state index in [2.05, 4.69) is 31.4 Å². The highest BCUT2D eigenvalue weighted by molar-refractivity contribution is 7.91. The molecule has 1 aromatic carbocycles. The maximum Gasteiger partial charge on any atom is 0.179 e.